The highest BCUT2D eigenvalue weighted by Gasteiger charge is 2.14. The fourth-order valence-corrected chi connectivity index (χ4v) is 1.61. The largest absolute Gasteiger partial charge is 0.456 e. The van der Waals surface area contributed by atoms with E-state index < -0.39 is 0 Å². The van der Waals surface area contributed by atoms with Gasteiger partial charge < -0.3 is 15.1 Å². The molecule has 0 aromatic carbocycles. The molecule has 0 aliphatic carbocycles. The van der Waals surface area contributed by atoms with Crippen LogP contribution < -0.4 is 10.6 Å². The predicted octanol–water partition coefficient (Wildman–Crippen LogP) is 2.05. The second kappa shape index (κ2) is 7.35. The third-order valence-electron chi connectivity index (χ3n) is 2.37. The van der Waals surface area contributed by atoms with Crippen molar-refractivity contribution in [2.45, 2.75) is 33.7 Å². The van der Waals surface area contributed by atoms with E-state index in [0.717, 1.165) is 17.9 Å². The van der Waals surface area contributed by atoms with E-state index in [2.05, 4.69) is 10.6 Å². The first-order chi connectivity index (χ1) is 7.54. The van der Waals surface area contributed by atoms with Crippen molar-refractivity contribution in [1.29, 1.82) is 0 Å². The highest BCUT2D eigenvalue weighted by atomic mass is 35.5. The lowest BCUT2D eigenvalue weighted by molar-refractivity contribution is 0.0920. The molecule has 98 valence electrons. The molecule has 0 unspecified atom stereocenters. The molecule has 17 heavy (non-hydrogen) atoms. The van der Waals surface area contributed by atoms with Crippen molar-refractivity contribution >= 4 is 18.3 Å². The Kier molecular flexibility index (Phi) is 6.92. The molecule has 4 nitrogen and oxygen atoms in total. The molecular weight excluding hydrogens is 240 g/mol. The summed E-state index contributed by atoms with van der Waals surface area (Å²) in [6.45, 7) is 9.29. The number of amides is 1. The van der Waals surface area contributed by atoms with Gasteiger partial charge in [0.2, 0.25) is 0 Å². The molecule has 1 amide bonds. The fraction of sp³-hybridized carbons (Fsp3) is 0.583. The molecule has 0 saturated heterocycles. The van der Waals surface area contributed by atoms with Gasteiger partial charge in [-0.1, -0.05) is 6.92 Å². The summed E-state index contributed by atoms with van der Waals surface area (Å²) in [6, 6.07) is 2.13. The molecule has 0 radical (unpaired) electrons. The first-order valence-electron chi connectivity index (χ1n) is 5.63. The minimum Gasteiger partial charge on any atom is -0.456 e. The zero-order valence-corrected chi connectivity index (χ0v) is 11.6. The Labute approximate surface area is 109 Å². The van der Waals surface area contributed by atoms with E-state index in [-0.39, 0.29) is 24.4 Å². The SMILES string of the molecule is CCN[C@H](C)CNC(=O)c1oc(C)cc1C.Cl. The Morgan fingerprint density at radius 2 is 2.12 bits per heavy atom. The van der Waals surface area contributed by atoms with Gasteiger partial charge in [-0.15, -0.1) is 12.4 Å². The van der Waals surface area contributed by atoms with E-state index in [4.69, 9.17) is 4.42 Å². The molecule has 0 fully saturated rings. The van der Waals surface area contributed by atoms with Gasteiger partial charge in [-0.25, -0.2) is 0 Å². The molecule has 1 aromatic heterocycles. The maximum atomic E-state index is 11.8. The van der Waals surface area contributed by atoms with Gasteiger partial charge in [0.25, 0.3) is 5.91 Å². The summed E-state index contributed by atoms with van der Waals surface area (Å²) in [5, 5.41) is 6.07. The number of hydrogen-bond donors (Lipinski definition) is 2. The molecule has 5 heteroatoms. The van der Waals surface area contributed by atoms with Crippen LogP contribution >= 0.6 is 12.4 Å². The number of furan rings is 1. The van der Waals surface area contributed by atoms with E-state index >= 15 is 0 Å². The van der Waals surface area contributed by atoms with E-state index in [0.29, 0.717) is 12.3 Å². The number of carbonyl (C=O) groups excluding carboxylic acids is 1. The number of rotatable bonds is 5. The maximum absolute atomic E-state index is 11.8. The molecule has 0 aliphatic heterocycles. The van der Waals surface area contributed by atoms with Crippen molar-refractivity contribution < 1.29 is 9.21 Å². The Hall–Kier alpha value is -1.00. The topological polar surface area (TPSA) is 54.3 Å². The highest BCUT2D eigenvalue weighted by Crippen LogP contribution is 2.13. The molecule has 0 saturated carbocycles. The molecule has 0 spiro atoms. The minimum atomic E-state index is -0.143. The second-order valence-corrected chi connectivity index (χ2v) is 4.04. The van der Waals surface area contributed by atoms with Crippen LogP contribution in [0, 0.1) is 13.8 Å². The molecule has 0 bridgehead atoms. The predicted molar refractivity (Wildman–Crippen MR) is 70.9 cm³/mol. The number of nitrogens with one attached hydrogen (secondary N) is 2. The van der Waals surface area contributed by atoms with E-state index in [1.165, 1.54) is 0 Å². The third kappa shape index (κ3) is 4.79. The van der Waals surface area contributed by atoms with Crippen LogP contribution in [-0.2, 0) is 0 Å². The monoisotopic (exact) mass is 260 g/mol. The van der Waals surface area contributed by atoms with Crippen LogP contribution in [0.25, 0.3) is 0 Å². The number of aryl methyl sites for hydroxylation is 2. The minimum absolute atomic E-state index is 0. The van der Waals surface area contributed by atoms with E-state index in [1.54, 1.807) is 0 Å². The molecule has 1 heterocycles. The van der Waals surface area contributed by atoms with Crippen molar-refractivity contribution in [2.75, 3.05) is 13.1 Å². The normalized spacial score (nSPS) is 11.8. The van der Waals surface area contributed by atoms with E-state index in [9.17, 15) is 4.79 Å². The molecule has 1 aromatic rings. The van der Waals surface area contributed by atoms with E-state index in [1.807, 2.05) is 33.8 Å². The lowest BCUT2D eigenvalue weighted by atomic mass is 10.2. The summed E-state index contributed by atoms with van der Waals surface area (Å²) in [7, 11) is 0. The van der Waals surface area contributed by atoms with Crippen LogP contribution in [0.3, 0.4) is 0 Å². The molecular formula is C12H21ClN2O2. The van der Waals surface area contributed by atoms with Gasteiger partial charge >= 0.3 is 0 Å². The number of hydrogen-bond acceptors (Lipinski definition) is 3. The van der Waals surface area contributed by atoms with Gasteiger partial charge in [0.15, 0.2) is 5.76 Å². The van der Waals surface area contributed by atoms with Crippen LogP contribution in [0.2, 0.25) is 0 Å². The average Bonchev–Trinajstić information content (AvgIpc) is 2.55. The average molecular weight is 261 g/mol. The summed E-state index contributed by atoms with van der Waals surface area (Å²) in [4.78, 5) is 11.8. The van der Waals surface area contributed by atoms with Gasteiger partial charge in [0.1, 0.15) is 5.76 Å². The van der Waals surface area contributed by atoms with Crippen LogP contribution in [0.15, 0.2) is 10.5 Å². The summed E-state index contributed by atoms with van der Waals surface area (Å²) in [5.74, 6) is 1.04. The summed E-state index contributed by atoms with van der Waals surface area (Å²) < 4.78 is 5.34. The Bertz CT molecular complexity index is 363. The van der Waals surface area contributed by atoms with Gasteiger partial charge in [-0.05, 0) is 33.4 Å². The smallest absolute Gasteiger partial charge is 0.287 e. The molecule has 1 rings (SSSR count). The molecule has 1 atom stereocenters. The van der Waals surface area contributed by atoms with Crippen molar-refractivity contribution in [3.8, 4) is 0 Å². The maximum Gasteiger partial charge on any atom is 0.287 e. The molecule has 0 aliphatic rings. The Morgan fingerprint density at radius 1 is 1.47 bits per heavy atom. The van der Waals surface area contributed by atoms with Crippen LogP contribution in [0.5, 0.6) is 0 Å². The lowest BCUT2D eigenvalue weighted by Crippen LogP contribution is -2.38. The Balaban J connectivity index is 0.00000256. The van der Waals surface area contributed by atoms with Crippen LogP contribution in [-0.4, -0.2) is 25.0 Å². The van der Waals surface area contributed by atoms with Crippen molar-refractivity contribution in [1.82, 2.24) is 10.6 Å². The number of likely N-dealkylation sites (N-methyl/N-ethyl adjacent to an activating group) is 1. The number of halogens is 1. The quantitative estimate of drug-likeness (QED) is 0.852. The molecule has 2 N–H and O–H groups in total. The number of carbonyl (C=O) groups is 1. The summed E-state index contributed by atoms with van der Waals surface area (Å²) in [5.41, 5.74) is 0.881. The van der Waals surface area contributed by atoms with Crippen molar-refractivity contribution in [3.05, 3.63) is 23.2 Å². The summed E-state index contributed by atoms with van der Waals surface area (Å²) >= 11 is 0. The van der Waals surface area contributed by atoms with Gasteiger partial charge in [0.05, 0.1) is 0 Å². The lowest BCUT2D eigenvalue weighted by Gasteiger charge is -2.12. The fourth-order valence-electron chi connectivity index (χ4n) is 1.61. The van der Waals surface area contributed by atoms with Crippen molar-refractivity contribution in [3.63, 3.8) is 0 Å². The summed E-state index contributed by atoms with van der Waals surface area (Å²) in [6.07, 6.45) is 0. The van der Waals surface area contributed by atoms with Crippen molar-refractivity contribution in [2.24, 2.45) is 0 Å². The first kappa shape index (κ1) is 16.0. The highest BCUT2D eigenvalue weighted by molar-refractivity contribution is 5.92. The Morgan fingerprint density at radius 3 is 2.59 bits per heavy atom. The second-order valence-electron chi connectivity index (χ2n) is 4.04. The van der Waals surface area contributed by atoms with Gasteiger partial charge in [-0.3, -0.25) is 4.79 Å². The zero-order valence-electron chi connectivity index (χ0n) is 10.8. The zero-order chi connectivity index (χ0) is 12.1. The van der Waals surface area contributed by atoms with Gasteiger partial charge in [0, 0.05) is 18.2 Å². The third-order valence-corrected chi connectivity index (χ3v) is 2.37. The standard InChI is InChI=1S/C12H20N2O2.ClH/c1-5-13-9(3)7-14-12(15)11-8(2)6-10(4)16-11;/h6,9,13H,5,7H2,1-4H3,(H,14,15);1H/t9-;/m1./s1. The first-order valence-corrected chi connectivity index (χ1v) is 5.63. The van der Waals surface area contributed by atoms with Crippen LogP contribution in [0.4, 0.5) is 0 Å². The van der Waals surface area contributed by atoms with Crippen LogP contribution in [0.1, 0.15) is 35.7 Å². The van der Waals surface area contributed by atoms with Gasteiger partial charge in [-0.2, -0.15) is 0 Å².